The normalized spacial score (nSPS) is 10.7. The van der Waals surface area contributed by atoms with E-state index in [-0.39, 0.29) is 6.42 Å². The Morgan fingerprint density at radius 2 is 1.84 bits per heavy atom. The van der Waals surface area contributed by atoms with Gasteiger partial charge in [-0.25, -0.2) is 0 Å². The summed E-state index contributed by atoms with van der Waals surface area (Å²) in [6.07, 6.45) is 0.0537. The van der Waals surface area contributed by atoms with Gasteiger partial charge in [-0.15, -0.1) is 0 Å². The van der Waals surface area contributed by atoms with Gasteiger partial charge in [0.25, 0.3) is 0 Å². The number of hydrogen-bond acceptors (Lipinski definition) is 3. The molecule has 4 heteroatoms. The van der Waals surface area contributed by atoms with E-state index in [0.29, 0.717) is 0 Å². The third kappa shape index (κ3) is 2.35. The van der Waals surface area contributed by atoms with Gasteiger partial charge in [-0.2, -0.15) is 4.37 Å². The average Bonchev–Trinajstić information content (AvgIpc) is 2.83. The van der Waals surface area contributed by atoms with Gasteiger partial charge in [0.05, 0.1) is 16.8 Å². The van der Waals surface area contributed by atoms with E-state index < -0.39 is 5.97 Å². The van der Waals surface area contributed by atoms with Crippen molar-refractivity contribution in [2.24, 2.45) is 0 Å². The van der Waals surface area contributed by atoms with E-state index in [1.54, 1.807) is 0 Å². The molecule has 0 amide bonds. The molecule has 0 unspecified atom stereocenters. The van der Waals surface area contributed by atoms with Gasteiger partial charge in [-0.3, -0.25) is 4.79 Å². The molecule has 19 heavy (non-hydrogen) atoms. The van der Waals surface area contributed by atoms with Crippen molar-refractivity contribution in [3.8, 4) is 11.3 Å². The van der Waals surface area contributed by atoms with Crippen molar-refractivity contribution in [3.63, 3.8) is 0 Å². The largest absolute Gasteiger partial charge is 0.481 e. The summed E-state index contributed by atoms with van der Waals surface area (Å²) in [7, 11) is 0. The van der Waals surface area contributed by atoms with Crippen LogP contribution in [0.5, 0.6) is 0 Å². The maximum absolute atomic E-state index is 10.6. The topological polar surface area (TPSA) is 50.2 Å². The lowest BCUT2D eigenvalue weighted by atomic mass is 10.0. The van der Waals surface area contributed by atoms with Crippen LogP contribution in [0.1, 0.15) is 5.56 Å². The highest BCUT2D eigenvalue weighted by molar-refractivity contribution is 7.13. The van der Waals surface area contributed by atoms with Crippen LogP contribution in [0.15, 0.2) is 48.5 Å². The van der Waals surface area contributed by atoms with Crippen LogP contribution in [0.3, 0.4) is 0 Å². The lowest BCUT2D eigenvalue weighted by molar-refractivity contribution is -0.136. The fourth-order valence-electron chi connectivity index (χ4n) is 2.05. The van der Waals surface area contributed by atoms with Crippen molar-refractivity contribution in [2.45, 2.75) is 6.42 Å². The van der Waals surface area contributed by atoms with Crippen LogP contribution in [-0.4, -0.2) is 15.4 Å². The Balaban J connectivity index is 2.00. The van der Waals surface area contributed by atoms with E-state index >= 15 is 0 Å². The minimum atomic E-state index is -0.813. The summed E-state index contributed by atoms with van der Waals surface area (Å²) in [6, 6.07) is 15.7. The van der Waals surface area contributed by atoms with Crippen LogP contribution in [0.25, 0.3) is 21.3 Å². The van der Waals surface area contributed by atoms with Crippen molar-refractivity contribution in [2.75, 3.05) is 0 Å². The number of carboxylic acid groups (broad SMARTS) is 1. The number of aromatic nitrogens is 1. The lowest BCUT2D eigenvalue weighted by Gasteiger charge is -2.01. The molecular formula is C15H11NO2S. The number of hydrogen-bond donors (Lipinski definition) is 1. The molecule has 0 spiro atoms. The summed E-state index contributed by atoms with van der Waals surface area (Å²) in [5.74, 6) is -0.813. The first-order chi connectivity index (χ1) is 9.24. The van der Waals surface area contributed by atoms with Gasteiger partial charge in [0.2, 0.25) is 0 Å². The smallest absolute Gasteiger partial charge is 0.307 e. The second-order valence-electron chi connectivity index (χ2n) is 4.29. The number of fused-ring (bicyclic) bond motifs is 1. The molecule has 2 aromatic carbocycles. The second kappa shape index (κ2) is 4.82. The molecule has 0 radical (unpaired) electrons. The minimum Gasteiger partial charge on any atom is -0.481 e. The fourth-order valence-corrected chi connectivity index (χ4v) is 2.85. The Labute approximate surface area is 114 Å². The average molecular weight is 269 g/mol. The van der Waals surface area contributed by atoms with E-state index in [9.17, 15) is 4.79 Å². The minimum absolute atomic E-state index is 0.0537. The number of benzene rings is 2. The third-order valence-corrected chi connectivity index (χ3v) is 3.79. The van der Waals surface area contributed by atoms with Crippen LogP contribution in [0.2, 0.25) is 0 Å². The standard InChI is InChI=1S/C15H11NO2S/c17-14(18)9-10-5-7-11(8-6-10)15-12-3-1-2-4-13(12)19-16-15/h1-8H,9H2,(H,17,18). The van der Waals surface area contributed by atoms with E-state index in [4.69, 9.17) is 5.11 Å². The third-order valence-electron chi connectivity index (χ3n) is 2.96. The van der Waals surface area contributed by atoms with Gasteiger partial charge >= 0.3 is 5.97 Å². The Morgan fingerprint density at radius 1 is 1.11 bits per heavy atom. The van der Waals surface area contributed by atoms with Crippen molar-refractivity contribution >= 4 is 27.6 Å². The molecule has 0 atom stereocenters. The van der Waals surface area contributed by atoms with Crippen LogP contribution in [-0.2, 0) is 11.2 Å². The summed E-state index contributed by atoms with van der Waals surface area (Å²) < 4.78 is 5.64. The molecule has 94 valence electrons. The summed E-state index contributed by atoms with van der Waals surface area (Å²) in [4.78, 5) is 10.6. The van der Waals surface area contributed by atoms with Crippen LogP contribution >= 0.6 is 11.5 Å². The van der Waals surface area contributed by atoms with Crippen LogP contribution in [0, 0.1) is 0 Å². The molecule has 0 saturated heterocycles. The maximum atomic E-state index is 10.6. The molecule has 0 aliphatic carbocycles. The highest BCUT2D eigenvalue weighted by atomic mass is 32.1. The zero-order valence-corrected chi connectivity index (χ0v) is 10.9. The van der Waals surface area contributed by atoms with Gasteiger partial charge in [0, 0.05) is 10.9 Å². The fraction of sp³-hybridized carbons (Fsp3) is 0.0667. The predicted octanol–water partition coefficient (Wildman–Crippen LogP) is 3.59. The molecule has 0 saturated carbocycles. The van der Waals surface area contributed by atoms with Gasteiger partial charge < -0.3 is 5.11 Å². The Bertz CT molecular complexity index is 731. The molecule has 1 aromatic heterocycles. The maximum Gasteiger partial charge on any atom is 0.307 e. The number of carboxylic acids is 1. The van der Waals surface area contributed by atoms with Gasteiger partial charge in [0.1, 0.15) is 0 Å². The lowest BCUT2D eigenvalue weighted by Crippen LogP contribution is -1.99. The molecule has 3 nitrogen and oxygen atoms in total. The number of nitrogens with zero attached hydrogens (tertiary/aromatic N) is 1. The Hall–Kier alpha value is -2.20. The zero-order chi connectivity index (χ0) is 13.2. The molecule has 3 rings (SSSR count). The molecular weight excluding hydrogens is 258 g/mol. The second-order valence-corrected chi connectivity index (χ2v) is 5.10. The van der Waals surface area contributed by atoms with Crippen molar-refractivity contribution in [1.29, 1.82) is 0 Å². The van der Waals surface area contributed by atoms with E-state index in [0.717, 1.165) is 26.9 Å². The molecule has 1 heterocycles. The van der Waals surface area contributed by atoms with Gasteiger partial charge in [0.15, 0.2) is 0 Å². The number of aliphatic carboxylic acids is 1. The molecule has 3 aromatic rings. The van der Waals surface area contributed by atoms with E-state index in [1.807, 2.05) is 36.4 Å². The summed E-state index contributed by atoms with van der Waals surface area (Å²) in [6.45, 7) is 0. The van der Waals surface area contributed by atoms with Crippen LogP contribution < -0.4 is 0 Å². The highest BCUT2D eigenvalue weighted by Crippen LogP contribution is 2.30. The Kier molecular flexibility index (Phi) is 3.01. The quantitative estimate of drug-likeness (QED) is 0.790. The van der Waals surface area contributed by atoms with Crippen molar-refractivity contribution in [1.82, 2.24) is 4.37 Å². The molecule has 0 fully saturated rings. The van der Waals surface area contributed by atoms with Gasteiger partial charge in [-0.1, -0.05) is 42.5 Å². The van der Waals surface area contributed by atoms with Crippen LogP contribution in [0.4, 0.5) is 0 Å². The van der Waals surface area contributed by atoms with Crippen molar-refractivity contribution < 1.29 is 9.90 Å². The zero-order valence-electron chi connectivity index (χ0n) is 10.0. The number of carbonyl (C=O) groups is 1. The summed E-state index contributed by atoms with van der Waals surface area (Å²) in [5, 5.41) is 9.89. The highest BCUT2D eigenvalue weighted by Gasteiger charge is 2.08. The first-order valence-electron chi connectivity index (χ1n) is 5.89. The summed E-state index contributed by atoms with van der Waals surface area (Å²) in [5.41, 5.74) is 2.78. The van der Waals surface area contributed by atoms with E-state index in [2.05, 4.69) is 16.5 Å². The molecule has 0 bridgehead atoms. The van der Waals surface area contributed by atoms with Crippen molar-refractivity contribution in [3.05, 3.63) is 54.1 Å². The summed E-state index contributed by atoms with van der Waals surface area (Å²) >= 11 is 1.48. The van der Waals surface area contributed by atoms with E-state index in [1.165, 1.54) is 11.5 Å². The number of rotatable bonds is 3. The predicted molar refractivity (Wildman–Crippen MR) is 76.4 cm³/mol. The molecule has 0 aliphatic rings. The van der Waals surface area contributed by atoms with Gasteiger partial charge in [-0.05, 0) is 23.2 Å². The molecule has 0 aliphatic heterocycles. The molecule has 1 N–H and O–H groups in total. The monoisotopic (exact) mass is 269 g/mol. The first-order valence-corrected chi connectivity index (χ1v) is 6.67. The SMILES string of the molecule is O=C(O)Cc1ccc(-c2nsc3ccccc23)cc1. The first kappa shape index (κ1) is 11.9. The Morgan fingerprint density at radius 3 is 2.58 bits per heavy atom.